The third kappa shape index (κ3) is 2.93. The van der Waals surface area contributed by atoms with E-state index in [0.717, 1.165) is 17.1 Å². The van der Waals surface area contributed by atoms with Crippen molar-refractivity contribution < 1.29 is 5.11 Å². The highest BCUT2D eigenvalue weighted by molar-refractivity contribution is 5.65. The summed E-state index contributed by atoms with van der Waals surface area (Å²) < 4.78 is 1.72. The van der Waals surface area contributed by atoms with E-state index in [1.165, 1.54) is 0 Å². The monoisotopic (exact) mass is 274 g/mol. The Bertz CT molecular complexity index is 563. The Morgan fingerprint density at radius 1 is 1.30 bits per heavy atom. The molecule has 5 heteroatoms. The lowest BCUT2D eigenvalue weighted by atomic mass is 10.1. The summed E-state index contributed by atoms with van der Waals surface area (Å²) in [6.07, 6.45) is -0.576. The zero-order valence-corrected chi connectivity index (χ0v) is 12.2. The smallest absolute Gasteiger partial charge is 0.147 e. The van der Waals surface area contributed by atoms with Gasteiger partial charge >= 0.3 is 0 Å². The van der Waals surface area contributed by atoms with Crippen molar-refractivity contribution in [1.29, 1.82) is 0 Å². The molecule has 0 aliphatic rings. The van der Waals surface area contributed by atoms with E-state index >= 15 is 0 Å². The van der Waals surface area contributed by atoms with Crippen molar-refractivity contribution in [1.82, 2.24) is 9.78 Å². The van der Waals surface area contributed by atoms with Gasteiger partial charge in [-0.05, 0) is 11.5 Å². The second-order valence-electron chi connectivity index (χ2n) is 5.23. The zero-order chi connectivity index (χ0) is 14.7. The lowest BCUT2D eigenvalue weighted by Crippen LogP contribution is -2.15. The Kier molecular flexibility index (Phi) is 4.29. The Morgan fingerprint density at radius 3 is 2.50 bits per heavy atom. The number of nitrogens with zero attached hydrogens (tertiary/aromatic N) is 2. The van der Waals surface area contributed by atoms with Gasteiger partial charge in [0.2, 0.25) is 0 Å². The third-order valence-corrected chi connectivity index (χ3v) is 3.31. The van der Waals surface area contributed by atoms with Gasteiger partial charge in [0.15, 0.2) is 0 Å². The lowest BCUT2D eigenvalue weighted by molar-refractivity contribution is 0.191. The fraction of sp³-hybridized carbons (Fsp3) is 0.400. The average Bonchev–Trinajstić information content (AvgIpc) is 2.72. The first-order valence-electron chi connectivity index (χ1n) is 6.80. The standard InChI is InChI=1S/C15H22N4O/c1-10(2)14-13(16)15(19(3)18-14)17-9-12(20)11-7-5-4-6-8-11/h4-8,10,12,17,20H,9,16H2,1-3H3. The summed E-state index contributed by atoms with van der Waals surface area (Å²) >= 11 is 0. The first-order valence-corrected chi connectivity index (χ1v) is 6.80. The number of nitrogens with two attached hydrogens (primary N) is 1. The summed E-state index contributed by atoms with van der Waals surface area (Å²) in [7, 11) is 1.85. The molecule has 1 aromatic carbocycles. The van der Waals surface area contributed by atoms with Gasteiger partial charge in [0, 0.05) is 13.6 Å². The van der Waals surface area contributed by atoms with E-state index < -0.39 is 6.10 Å². The molecule has 2 aromatic rings. The van der Waals surface area contributed by atoms with Crippen molar-refractivity contribution >= 4 is 11.5 Å². The molecule has 0 radical (unpaired) electrons. The number of nitrogen functional groups attached to an aromatic ring is 1. The van der Waals surface area contributed by atoms with E-state index in [0.29, 0.717) is 12.2 Å². The number of hydrogen-bond acceptors (Lipinski definition) is 4. The maximum atomic E-state index is 10.1. The molecular weight excluding hydrogens is 252 g/mol. The number of anilines is 2. The molecule has 0 spiro atoms. The highest BCUT2D eigenvalue weighted by Crippen LogP contribution is 2.28. The lowest BCUT2D eigenvalue weighted by Gasteiger charge is -2.13. The van der Waals surface area contributed by atoms with E-state index in [9.17, 15) is 5.11 Å². The highest BCUT2D eigenvalue weighted by Gasteiger charge is 2.16. The van der Waals surface area contributed by atoms with Gasteiger partial charge < -0.3 is 16.2 Å². The summed E-state index contributed by atoms with van der Waals surface area (Å²) in [6, 6.07) is 9.55. The Labute approximate surface area is 119 Å². The molecule has 1 unspecified atom stereocenters. The minimum absolute atomic E-state index is 0.274. The predicted molar refractivity (Wildman–Crippen MR) is 81.6 cm³/mol. The Balaban J connectivity index is 2.08. The second kappa shape index (κ2) is 5.96. The van der Waals surface area contributed by atoms with Gasteiger partial charge in [-0.25, -0.2) is 0 Å². The summed E-state index contributed by atoms with van der Waals surface area (Å²) in [4.78, 5) is 0. The van der Waals surface area contributed by atoms with Gasteiger partial charge in [0.25, 0.3) is 0 Å². The van der Waals surface area contributed by atoms with Gasteiger partial charge in [0.05, 0.1) is 17.5 Å². The zero-order valence-electron chi connectivity index (χ0n) is 12.2. The van der Waals surface area contributed by atoms with Crippen LogP contribution < -0.4 is 11.1 Å². The minimum Gasteiger partial charge on any atom is -0.394 e. The SMILES string of the molecule is CC(C)c1nn(C)c(NCC(O)c2ccccc2)c1N. The van der Waals surface area contributed by atoms with E-state index in [1.54, 1.807) is 4.68 Å². The molecular formula is C15H22N4O. The van der Waals surface area contributed by atoms with Crippen LogP contribution in [-0.4, -0.2) is 21.4 Å². The van der Waals surface area contributed by atoms with Crippen LogP contribution >= 0.6 is 0 Å². The number of hydrogen-bond donors (Lipinski definition) is 3. The molecule has 4 N–H and O–H groups in total. The Morgan fingerprint density at radius 2 is 1.95 bits per heavy atom. The predicted octanol–water partition coefficient (Wildman–Crippen LogP) is 2.27. The average molecular weight is 274 g/mol. The summed E-state index contributed by atoms with van der Waals surface area (Å²) in [5.74, 6) is 1.03. The highest BCUT2D eigenvalue weighted by atomic mass is 16.3. The van der Waals surface area contributed by atoms with Crippen LogP contribution in [-0.2, 0) is 7.05 Å². The number of aliphatic hydroxyl groups excluding tert-OH is 1. The number of rotatable bonds is 5. The van der Waals surface area contributed by atoms with Crippen LogP contribution in [0.15, 0.2) is 30.3 Å². The normalized spacial score (nSPS) is 12.7. The van der Waals surface area contributed by atoms with Crippen LogP contribution in [0.5, 0.6) is 0 Å². The number of aryl methyl sites for hydroxylation is 1. The molecule has 1 atom stereocenters. The third-order valence-electron chi connectivity index (χ3n) is 3.31. The Hall–Kier alpha value is -2.01. The van der Waals surface area contributed by atoms with Crippen molar-refractivity contribution in [2.24, 2.45) is 7.05 Å². The fourth-order valence-electron chi connectivity index (χ4n) is 2.18. The largest absolute Gasteiger partial charge is 0.394 e. The van der Waals surface area contributed by atoms with Gasteiger partial charge in [-0.1, -0.05) is 44.2 Å². The number of aliphatic hydroxyl groups is 1. The van der Waals surface area contributed by atoms with E-state index in [-0.39, 0.29) is 5.92 Å². The molecule has 0 fully saturated rings. The van der Waals surface area contributed by atoms with Crippen LogP contribution in [0.4, 0.5) is 11.5 Å². The first kappa shape index (κ1) is 14.4. The second-order valence-corrected chi connectivity index (χ2v) is 5.23. The summed E-state index contributed by atoms with van der Waals surface area (Å²) in [6.45, 7) is 4.51. The van der Waals surface area contributed by atoms with Crippen LogP contribution in [0.25, 0.3) is 0 Å². The molecule has 20 heavy (non-hydrogen) atoms. The molecule has 0 bridgehead atoms. The summed E-state index contributed by atoms with van der Waals surface area (Å²) in [5.41, 5.74) is 8.52. The van der Waals surface area contributed by atoms with Crippen LogP contribution in [0, 0.1) is 0 Å². The molecule has 0 aliphatic carbocycles. The van der Waals surface area contributed by atoms with E-state index in [4.69, 9.17) is 5.73 Å². The maximum Gasteiger partial charge on any atom is 0.147 e. The molecule has 0 saturated carbocycles. The molecule has 0 amide bonds. The van der Waals surface area contributed by atoms with Crippen molar-refractivity contribution in [3.63, 3.8) is 0 Å². The van der Waals surface area contributed by atoms with Crippen molar-refractivity contribution in [3.8, 4) is 0 Å². The van der Waals surface area contributed by atoms with Crippen molar-refractivity contribution in [3.05, 3.63) is 41.6 Å². The van der Waals surface area contributed by atoms with Crippen molar-refractivity contribution in [2.75, 3.05) is 17.6 Å². The van der Waals surface area contributed by atoms with E-state index in [1.807, 2.05) is 37.4 Å². The van der Waals surface area contributed by atoms with Crippen LogP contribution in [0.3, 0.4) is 0 Å². The van der Waals surface area contributed by atoms with Crippen LogP contribution in [0.2, 0.25) is 0 Å². The van der Waals surface area contributed by atoms with Gasteiger partial charge in [-0.15, -0.1) is 0 Å². The fourth-order valence-corrected chi connectivity index (χ4v) is 2.18. The minimum atomic E-state index is -0.576. The number of aromatic nitrogens is 2. The van der Waals surface area contributed by atoms with Crippen LogP contribution in [0.1, 0.15) is 37.1 Å². The maximum absolute atomic E-state index is 10.1. The molecule has 0 aliphatic heterocycles. The van der Waals surface area contributed by atoms with Crippen molar-refractivity contribution in [2.45, 2.75) is 25.9 Å². The number of benzene rings is 1. The molecule has 0 saturated heterocycles. The molecule has 1 aromatic heterocycles. The number of nitrogens with one attached hydrogen (secondary N) is 1. The van der Waals surface area contributed by atoms with E-state index in [2.05, 4.69) is 24.3 Å². The van der Waals surface area contributed by atoms with Gasteiger partial charge in [-0.3, -0.25) is 4.68 Å². The quantitative estimate of drug-likeness (QED) is 0.781. The van der Waals surface area contributed by atoms with Gasteiger partial charge in [-0.2, -0.15) is 5.10 Å². The topological polar surface area (TPSA) is 76.1 Å². The first-order chi connectivity index (χ1) is 9.50. The summed E-state index contributed by atoms with van der Waals surface area (Å²) in [5, 5.41) is 17.7. The molecule has 108 valence electrons. The molecule has 5 nitrogen and oxygen atoms in total. The van der Waals surface area contributed by atoms with Gasteiger partial charge in [0.1, 0.15) is 5.82 Å². The molecule has 1 heterocycles. The molecule has 2 rings (SSSR count).